The van der Waals surface area contributed by atoms with Crippen LogP contribution in [0, 0.1) is 0 Å². The number of carbonyl (C=O) groups is 3. The second-order valence-electron chi connectivity index (χ2n) is 24.0. The fourth-order valence-electron chi connectivity index (χ4n) is 9.24. The number of phosphoric ester groups is 2. The molecular weight excluding hydrogens is 1240 g/mol. The molecule has 0 radical (unpaired) electrons. The summed E-state index contributed by atoms with van der Waals surface area (Å²) in [5.74, 6) is -1.62. The number of hydrogen-bond acceptors (Lipinski definition) is 14. The molecule has 0 aromatic carbocycles. The van der Waals surface area contributed by atoms with Gasteiger partial charge in [-0.25, -0.2) is 9.13 Å². The fourth-order valence-corrected chi connectivity index (χ4v) is 10.8. The van der Waals surface area contributed by atoms with Gasteiger partial charge in [0.1, 0.15) is 25.4 Å². The van der Waals surface area contributed by atoms with E-state index >= 15 is 0 Å². The minimum absolute atomic E-state index is 0.0868. The molecule has 0 aliphatic rings. The Kier molecular flexibility index (Phi) is 66.4. The Balaban J connectivity index is 4.53. The monoisotopic (exact) mass is 1370 g/mol. The number of aliphatic hydroxyl groups is 2. The van der Waals surface area contributed by atoms with Crippen LogP contribution < -0.4 is 0 Å². The Hall–Kier alpha value is -4.31. The van der Waals surface area contributed by atoms with Gasteiger partial charge in [0.2, 0.25) is 0 Å². The van der Waals surface area contributed by atoms with E-state index < -0.39 is 91.5 Å². The third-order valence-electron chi connectivity index (χ3n) is 14.8. The van der Waals surface area contributed by atoms with Crippen LogP contribution in [0.2, 0.25) is 0 Å². The molecule has 0 bridgehead atoms. The lowest BCUT2D eigenvalue weighted by Crippen LogP contribution is -2.30. The summed E-state index contributed by atoms with van der Waals surface area (Å²) in [5, 5.41) is 20.6. The molecule has 5 unspecified atom stereocenters. The lowest BCUT2D eigenvalue weighted by atomic mass is 10.1. The van der Waals surface area contributed by atoms with Crippen molar-refractivity contribution >= 4 is 33.6 Å². The zero-order chi connectivity index (χ0) is 69.5. The van der Waals surface area contributed by atoms with E-state index in [1.807, 2.05) is 0 Å². The third kappa shape index (κ3) is 70.8. The first-order valence-corrected chi connectivity index (χ1v) is 39.5. The minimum Gasteiger partial charge on any atom is -0.463 e. The van der Waals surface area contributed by atoms with Crippen molar-refractivity contribution in [2.45, 2.75) is 296 Å². The van der Waals surface area contributed by atoms with Crippen LogP contribution in [0.4, 0.5) is 0 Å². The molecule has 0 heterocycles. The standard InChI is InChI=1S/C77H130O16P2/c1-4-7-10-13-16-19-22-24-26-28-30-32-33-34-35-36-37-39-41-42-44-46-49-51-54-57-60-63-75(80)87-66-72(78)67-89-94(83,84)90-68-73(79)69-91-95(85,86)92-71-74(93-77(82)65-62-59-56-53-48-21-18-15-12-9-6-3)70-88-76(81)64-61-58-55-52-50-47-45-43-40-38-31-29-27-25-23-20-17-14-11-8-5-2/h7,10,15-20,24-27,30-32,34-35,37-39,43,45,72-74,78-79H,4-6,8-9,11-14,21-23,28-29,33,36,40-42,44,46-71H2,1-3H3,(H,83,84)(H,85,86)/b10-7-,18-15-,19-16-,20-17-,26-24-,27-25-,32-30-,35-34-,38-31-,39-37-,45-43-. The zero-order valence-corrected chi connectivity index (χ0v) is 60.8. The van der Waals surface area contributed by atoms with Crippen molar-refractivity contribution < 1.29 is 75.8 Å². The number of hydrogen-bond donors (Lipinski definition) is 4. The molecule has 0 aliphatic carbocycles. The summed E-state index contributed by atoms with van der Waals surface area (Å²) in [7, 11) is -9.79. The lowest BCUT2D eigenvalue weighted by Gasteiger charge is -2.21. The van der Waals surface area contributed by atoms with Crippen LogP contribution in [0.3, 0.4) is 0 Å². The van der Waals surface area contributed by atoms with Crippen molar-refractivity contribution in [3.8, 4) is 0 Å². The zero-order valence-electron chi connectivity index (χ0n) is 59.0. The average Bonchev–Trinajstić information content (AvgIpc) is 3.10. The van der Waals surface area contributed by atoms with Gasteiger partial charge >= 0.3 is 33.6 Å². The summed E-state index contributed by atoms with van der Waals surface area (Å²) >= 11 is 0. The molecule has 95 heavy (non-hydrogen) atoms. The van der Waals surface area contributed by atoms with Crippen LogP contribution in [-0.4, -0.2) is 95.9 Å². The Labute approximate surface area is 575 Å². The smallest absolute Gasteiger partial charge is 0.463 e. The first-order valence-electron chi connectivity index (χ1n) is 36.5. The summed E-state index contributed by atoms with van der Waals surface area (Å²) in [4.78, 5) is 58.4. The highest BCUT2D eigenvalue weighted by Crippen LogP contribution is 2.45. The third-order valence-corrected chi connectivity index (χ3v) is 16.7. The van der Waals surface area contributed by atoms with Gasteiger partial charge in [-0.05, 0) is 135 Å². The summed E-state index contributed by atoms with van der Waals surface area (Å²) in [5.41, 5.74) is 0. The van der Waals surface area contributed by atoms with E-state index in [-0.39, 0.29) is 19.3 Å². The number of phosphoric acid groups is 2. The maximum absolute atomic E-state index is 12.9. The molecule has 18 heteroatoms. The molecule has 16 nitrogen and oxygen atoms in total. The molecule has 0 aromatic rings. The van der Waals surface area contributed by atoms with Gasteiger partial charge < -0.3 is 34.2 Å². The van der Waals surface area contributed by atoms with Gasteiger partial charge in [-0.15, -0.1) is 0 Å². The van der Waals surface area contributed by atoms with E-state index in [0.717, 1.165) is 161 Å². The maximum Gasteiger partial charge on any atom is 0.472 e. The SMILES string of the molecule is CC/C=C\C/C=C\C/C=C\C/C=C\C/C=C\C/C=C\CCCCCCCCCCC(=O)OCC(O)COP(=O)(O)OCC(O)COP(=O)(O)OCC(COC(=O)CCCCCCC/C=C\C/C=C\C/C=C\C/C=C\CCCCC)OC(=O)CCCCCCC/C=C\CCCC. The Morgan fingerprint density at radius 1 is 0.305 bits per heavy atom. The number of carbonyl (C=O) groups excluding carboxylic acids is 3. The van der Waals surface area contributed by atoms with Gasteiger partial charge in [-0.1, -0.05) is 257 Å². The van der Waals surface area contributed by atoms with Crippen molar-refractivity contribution in [3.05, 3.63) is 134 Å². The average molecular weight is 1370 g/mol. The van der Waals surface area contributed by atoms with Gasteiger partial charge in [-0.2, -0.15) is 0 Å². The van der Waals surface area contributed by atoms with Gasteiger partial charge in [0.15, 0.2) is 6.10 Å². The van der Waals surface area contributed by atoms with Crippen LogP contribution in [0.15, 0.2) is 134 Å². The highest BCUT2D eigenvalue weighted by Gasteiger charge is 2.29. The molecule has 0 aromatic heterocycles. The Morgan fingerprint density at radius 3 is 0.926 bits per heavy atom. The van der Waals surface area contributed by atoms with E-state index in [2.05, 4.69) is 154 Å². The number of rotatable bonds is 68. The van der Waals surface area contributed by atoms with Crippen molar-refractivity contribution in [1.29, 1.82) is 0 Å². The van der Waals surface area contributed by atoms with Crippen molar-refractivity contribution in [3.63, 3.8) is 0 Å². The molecule has 544 valence electrons. The quantitative estimate of drug-likeness (QED) is 0.0146. The Bertz CT molecular complexity index is 2260. The number of aliphatic hydroxyl groups excluding tert-OH is 2. The predicted molar refractivity (Wildman–Crippen MR) is 390 cm³/mol. The Morgan fingerprint density at radius 2 is 0.568 bits per heavy atom. The normalized spacial score (nSPS) is 14.9. The van der Waals surface area contributed by atoms with Gasteiger partial charge in [0.25, 0.3) is 0 Å². The maximum atomic E-state index is 12.9. The summed E-state index contributed by atoms with van der Waals surface area (Å²) < 4.78 is 60.9. The largest absolute Gasteiger partial charge is 0.472 e. The molecule has 0 saturated carbocycles. The topological polar surface area (TPSA) is 231 Å². The summed E-state index contributed by atoms with van der Waals surface area (Å²) in [6.07, 6.45) is 82.2. The molecule has 4 N–H and O–H groups in total. The number of esters is 3. The molecule has 0 spiro atoms. The molecule has 0 saturated heterocycles. The summed E-state index contributed by atoms with van der Waals surface area (Å²) in [6.45, 7) is 2.43. The molecule has 0 aliphatic heterocycles. The van der Waals surface area contributed by atoms with Crippen LogP contribution in [0.1, 0.15) is 278 Å². The molecule has 0 rings (SSSR count). The fraction of sp³-hybridized carbons (Fsp3) is 0.675. The van der Waals surface area contributed by atoms with Gasteiger partial charge in [-0.3, -0.25) is 32.5 Å². The van der Waals surface area contributed by atoms with Crippen LogP contribution >= 0.6 is 15.6 Å². The van der Waals surface area contributed by atoms with Crippen LogP contribution in [0.25, 0.3) is 0 Å². The summed E-state index contributed by atoms with van der Waals surface area (Å²) in [6, 6.07) is 0. The molecule has 0 fully saturated rings. The van der Waals surface area contributed by atoms with E-state index in [4.69, 9.17) is 32.3 Å². The second-order valence-corrected chi connectivity index (χ2v) is 26.9. The minimum atomic E-state index is -4.93. The number of unbranched alkanes of at least 4 members (excludes halogenated alkanes) is 23. The molecule has 5 atom stereocenters. The van der Waals surface area contributed by atoms with E-state index in [1.165, 1.54) is 57.8 Å². The van der Waals surface area contributed by atoms with Gasteiger partial charge in [0.05, 0.1) is 26.4 Å². The van der Waals surface area contributed by atoms with Crippen LogP contribution in [0.5, 0.6) is 0 Å². The second kappa shape index (κ2) is 69.6. The van der Waals surface area contributed by atoms with E-state index in [1.54, 1.807) is 0 Å². The van der Waals surface area contributed by atoms with Crippen molar-refractivity contribution in [2.24, 2.45) is 0 Å². The van der Waals surface area contributed by atoms with Crippen LogP contribution in [-0.2, 0) is 55.8 Å². The first-order chi connectivity index (χ1) is 46.2. The number of ether oxygens (including phenoxy) is 3. The van der Waals surface area contributed by atoms with Gasteiger partial charge in [0, 0.05) is 19.3 Å². The lowest BCUT2D eigenvalue weighted by molar-refractivity contribution is -0.161. The molecular formula is C77H130O16P2. The molecule has 0 amide bonds. The van der Waals surface area contributed by atoms with E-state index in [0.29, 0.717) is 19.3 Å². The highest BCUT2D eigenvalue weighted by molar-refractivity contribution is 7.47. The predicted octanol–water partition coefficient (Wildman–Crippen LogP) is 20.8. The van der Waals surface area contributed by atoms with E-state index in [9.17, 15) is 43.5 Å². The van der Waals surface area contributed by atoms with Crippen molar-refractivity contribution in [2.75, 3.05) is 39.6 Å². The highest BCUT2D eigenvalue weighted by atomic mass is 31.2. The van der Waals surface area contributed by atoms with Crippen molar-refractivity contribution in [1.82, 2.24) is 0 Å². The number of allylic oxidation sites excluding steroid dienone is 22. The first kappa shape index (κ1) is 90.7.